The van der Waals surface area contributed by atoms with Crippen molar-refractivity contribution in [3.63, 3.8) is 0 Å². The molecule has 0 aliphatic carbocycles. The van der Waals surface area contributed by atoms with Crippen LogP contribution in [-0.2, 0) is 17.8 Å². The Hall–Kier alpha value is -2.69. The molecule has 5 nitrogen and oxygen atoms in total. The second kappa shape index (κ2) is 6.43. The molecule has 1 N–H and O–H groups in total. The summed E-state index contributed by atoms with van der Waals surface area (Å²) in [6.07, 6.45) is 0.703. The highest BCUT2D eigenvalue weighted by atomic mass is 16.6. The first-order chi connectivity index (χ1) is 11.8. The van der Waals surface area contributed by atoms with Crippen LogP contribution < -0.4 is 19.5 Å². The van der Waals surface area contributed by atoms with Crippen LogP contribution in [0.1, 0.15) is 11.1 Å². The molecule has 0 aromatic heterocycles. The highest BCUT2D eigenvalue weighted by Gasteiger charge is 2.26. The number of rotatable bonds is 3. The van der Waals surface area contributed by atoms with Crippen LogP contribution in [-0.4, -0.2) is 25.7 Å². The molecule has 5 heteroatoms. The van der Waals surface area contributed by atoms with Crippen molar-refractivity contribution in [2.45, 2.75) is 13.0 Å². The minimum Gasteiger partial charge on any atom is -0.492 e. The van der Waals surface area contributed by atoms with Gasteiger partial charge in [0.15, 0.2) is 11.5 Å². The predicted molar refractivity (Wildman–Crippen MR) is 88.4 cm³/mol. The highest BCUT2D eigenvalue weighted by molar-refractivity contribution is 5.79. The number of amides is 1. The van der Waals surface area contributed by atoms with Crippen LogP contribution in [0.25, 0.3) is 0 Å². The van der Waals surface area contributed by atoms with Gasteiger partial charge in [0.2, 0.25) is 5.91 Å². The van der Waals surface area contributed by atoms with Gasteiger partial charge in [-0.1, -0.05) is 30.3 Å². The normalized spacial score (nSPS) is 18.2. The summed E-state index contributed by atoms with van der Waals surface area (Å²) in [5.74, 6) is 2.18. The molecule has 2 aromatic rings. The van der Waals surface area contributed by atoms with Crippen molar-refractivity contribution in [1.29, 1.82) is 0 Å². The van der Waals surface area contributed by atoms with E-state index in [0.717, 1.165) is 28.4 Å². The summed E-state index contributed by atoms with van der Waals surface area (Å²) in [5, 5.41) is 3.00. The van der Waals surface area contributed by atoms with Gasteiger partial charge < -0.3 is 19.5 Å². The molecule has 1 unspecified atom stereocenters. The quantitative estimate of drug-likeness (QED) is 0.941. The zero-order chi connectivity index (χ0) is 16.4. The Labute approximate surface area is 140 Å². The maximum Gasteiger partial charge on any atom is 0.227 e. The third-order valence-electron chi connectivity index (χ3n) is 4.35. The minimum absolute atomic E-state index is 0.00108. The van der Waals surface area contributed by atoms with Gasteiger partial charge in [-0.3, -0.25) is 4.79 Å². The first-order valence-corrected chi connectivity index (χ1v) is 8.17. The average Bonchev–Trinajstić information content (AvgIpc) is 2.65. The first-order valence-electron chi connectivity index (χ1n) is 8.17. The number of fused-ring (bicyclic) bond motifs is 2. The van der Waals surface area contributed by atoms with E-state index in [1.165, 1.54) is 0 Å². The summed E-state index contributed by atoms with van der Waals surface area (Å²) in [4.78, 5) is 12.5. The molecule has 2 aliphatic heterocycles. The molecule has 0 fully saturated rings. The lowest BCUT2D eigenvalue weighted by atomic mass is 9.96. The summed E-state index contributed by atoms with van der Waals surface area (Å²) in [5.41, 5.74) is 2.01. The van der Waals surface area contributed by atoms with Crippen molar-refractivity contribution in [1.82, 2.24) is 5.32 Å². The summed E-state index contributed by atoms with van der Waals surface area (Å²) < 4.78 is 16.9. The van der Waals surface area contributed by atoms with E-state index in [-0.39, 0.29) is 11.8 Å². The number of nitrogens with one attached hydrogen (secondary N) is 1. The van der Waals surface area contributed by atoms with E-state index in [2.05, 4.69) is 5.32 Å². The van der Waals surface area contributed by atoms with Gasteiger partial charge >= 0.3 is 0 Å². The largest absolute Gasteiger partial charge is 0.492 e. The van der Waals surface area contributed by atoms with Crippen molar-refractivity contribution >= 4 is 5.91 Å². The van der Waals surface area contributed by atoms with Gasteiger partial charge in [0.1, 0.15) is 25.6 Å². The monoisotopic (exact) mass is 325 g/mol. The lowest BCUT2D eigenvalue weighted by Gasteiger charge is -2.25. The van der Waals surface area contributed by atoms with Crippen LogP contribution in [0, 0.1) is 5.92 Å². The van der Waals surface area contributed by atoms with Crippen LogP contribution in [0.3, 0.4) is 0 Å². The van der Waals surface area contributed by atoms with Gasteiger partial charge in [0.05, 0.1) is 5.92 Å². The Morgan fingerprint density at radius 1 is 1.00 bits per heavy atom. The zero-order valence-electron chi connectivity index (χ0n) is 13.3. The lowest BCUT2D eigenvalue weighted by Crippen LogP contribution is -2.37. The van der Waals surface area contributed by atoms with Crippen LogP contribution in [0.4, 0.5) is 0 Å². The average molecular weight is 325 g/mol. The fraction of sp³-hybridized carbons (Fsp3) is 0.316. The van der Waals surface area contributed by atoms with Crippen LogP contribution in [0.5, 0.6) is 17.2 Å². The highest BCUT2D eigenvalue weighted by Crippen LogP contribution is 2.33. The zero-order valence-corrected chi connectivity index (χ0v) is 13.3. The van der Waals surface area contributed by atoms with Gasteiger partial charge in [-0.25, -0.2) is 0 Å². The number of hydrogen-bond acceptors (Lipinski definition) is 4. The molecule has 4 rings (SSSR count). The molecule has 2 heterocycles. The Kier molecular flexibility index (Phi) is 3.99. The molecule has 0 saturated heterocycles. The first kappa shape index (κ1) is 14.9. The maximum absolute atomic E-state index is 12.5. The van der Waals surface area contributed by atoms with Crippen molar-refractivity contribution in [2.75, 3.05) is 19.8 Å². The second-order valence-corrected chi connectivity index (χ2v) is 5.98. The van der Waals surface area contributed by atoms with Crippen molar-refractivity contribution < 1.29 is 19.0 Å². The number of hydrogen-bond donors (Lipinski definition) is 1. The van der Waals surface area contributed by atoms with Gasteiger partial charge in [-0.15, -0.1) is 0 Å². The molecule has 1 amide bonds. The van der Waals surface area contributed by atoms with E-state index < -0.39 is 0 Å². The summed E-state index contributed by atoms with van der Waals surface area (Å²) in [6.45, 7) is 1.92. The fourth-order valence-electron chi connectivity index (χ4n) is 3.10. The van der Waals surface area contributed by atoms with Gasteiger partial charge in [0, 0.05) is 12.1 Å². The minimum atomic E-state index is -0.170. The van der Waals surface area contributed by atoms with Gasteiger partial charge in [-0.05, 0) is 24.1 Å². The molecule has 0 radical (unpaired) electrons. The van der Waals surface area contributed by atoms with E-state index in [4.69, 9.17) is 14.2 Å². The number of benzene rings is 2. The van der Waals surface area contributed by atoms with E-state index in [0.29, 0.717) is 32.8 Å². The van der Waals surface area contributed by atoms with Gasteiger partial charge in [0.25, 0.3) is 0 Å². The number of ether oxygens (including phenoxy) is 3. The topological polar surface area (TPSA) is 56.8 Å². The van der Waals surface area contributed by atoms with Gasteiger partial charge in [-0.2, -0.15) is 0 Å². The fourth-order valence-corrected chi connectivity index (χ4v) is 3.10. The third-order valence-corrected chi connectivity index (χ3v) is 4.35. The molecular weight excluding hydrogens is 306 g/mol. The summed E-state index contributed by atoms with van der Waals surface area (Å²) in [6, 6.07) is 13.6. The van der Waals surface area contributed by atoms with E-state index in [9.17, 15) is 4.79 Å². The molecule has 2 aromatic carbocycles. The summed E-state index contributed by atoms with van der Waals surface area (Å²) in [7, 11) is 0. The molecule has 24 heavy (non-hydrogen) atoms. The van der Waals surface area contributed by atoms with Crippen molar-refractivity contribution in [3.8, 4) is 17.2 Å². The maximum atomic E-state index is 12.5. The Morgan fingerprint density at radius 2 is 1.83 bits per heavy atom. The van der Waals surface area contributed by atoms with Crippen molar-refractivity contribution in [3.05, 3.63) is 53.6 Å². The van der Waals surface area contributed by atoms with E-state index in [1.54, 1.807) is 0 Å². The molecular formula is C19H19NO4. The Balaban J connectivity index is 1.41. The van der Waals surface area contributed by atoms with Crippen LogP contribution in [0.2, 0.25) is 0 Å². The predicted octanol–water partition coefficient (Wildman–Crippen LogP) is 2.33. The standard InChI is InChI=1S/C19H19NO4/c21-19(15-10-13-4-1-2-6-16(13)24-12-15)20-11-14-5-3-7-17-18(14)23-9-8-22-17/h1-7,15H,8-12H2,(H,20,21). The van der Waals surface area contributed by atoms with Crippen molar-refractivity contribution in [2.24, 2.45) is 5.92 Å². The SMILES string of the molecule is O=C(NCc1cccc2c1OCCO2)C1COc2ccccc2C1. The lowest BCUT2D eigenvalue weighted by molar-refractivity contribution is -0.126. The molecule has 0 spiro atoms. The molecule has 1 atom stereocenters. The van der Waals surface area contributed by atoms with Crippen LogP contribution in [0.15, 0.2) is 42.5 Å². The number of carbonyl (C=O) groups excluding carboxylic acids is 1. The molecule has 0 bridgehead atoms. The van der Waals surface area contributed by atoms with E-state index in [1.807, 2.05) is 42.5 Å². The van der Waals surface area contributed by atoms with E-state index >= 15 is 0 Å². The third kappa shape index (κ3) is 2.89. The smallest absolute Gasteiger partial charge is 0.227 e. The Bertz CT molecular complexity index is 759. The van der Waals surface area contributed by atoms with Crippen LogP contribution >= 0.6 is 0 Å². The molecule has 2 aliphatic rings. The Morgan fingerprint density at radius 3 is 2.79 bits per heavy atom. The second-order valence-electron chi connectivity index (χ2n) is 5.98. The number of carbonyl (C=O) groups is 1. The summed E-state index contributed by atoms with van der Waals surface area (Å²) >= 11 is 0. The number of para-hydroxylation sites is 2. The molecule has 0 saturated carbocycles. The molecule has 124 valence electrons.